The van der Waals surface area contributed by atoms with E-state index in [9.17, 15) is 9.18 Å². The molecule has 1 aromatic heterocycles. The van der Waals surface area contributed by atoms with Crippen molar-refractivity contribution in [3.63, 3.8) is 0 Å². The van der Waals surface area contributed by atoms with Crippen molar-refractivity contribution in [1.82, 2.24) is 10.4 Å². The minimum atomic E-state index is -0.342. The average Bonchev–Trinajstić information content (AvgIpc) is 2.41. The number of aromatic nitrogens is 1. The van der Waals surface area contributed by atoms with Gasteiger partial charge < -0.3 is 0 Å². The third-order valence-electron chi connectivity index (χ3n) is 2.42. The van der Waals surface area contributed by atoms with Crippen LogP contribution >= 0.6 is 0 Å². The molecule has 0 aliphatic carbocycles. The zero-order valence-electron chi connectivity index (χ0n) is 10.3. The minimum Gasteiger partial charge on any atom is -0.267 e. The Kier molecular flexibility index (Phi) is 3.97. The number of carbonyl (C=O) groups is 1. The molecule has 1 N–H and O–H groups in total. The van der Waals surface area contributed by atoms with Gasteiger partial charge in [0, 0.05) is 11.9 Å². The highest BCUT2D eigenvalue weighted by Gasteiger charge is 2.03. The molecule has 0 spiro atoms. The van der Waals surface area contributed by atoms with Gasteiger partial charge in [0.1, 0.15) is 5.82 Å². The van der Waals surface area contributed by atoms with Crippen LogP contribution in [-0.4, -0.2) is 17.1 Å². The summed E-state index contributed by atoms with van der Waals surface area (Å²) in [5.41, 5.74) is 4.35. The second kappa shape index (κ2) is 5.86. The molecule has 0 bridgehead atoms. The molecule has 0 saturated heterocycles. The fraction of sp³-hybridized carbons (Fsp3) is 0.0714. The molecule has 0 saturated carbocycles. The van der Waals surface area contributed by atoms with Crippen LogP contribution in [0.25, 0.3) is 0 Å². The smallest absolute Gasteiger partial charge is 0.267 e. The molecule has 0 radical (unpaired) electrons. The summed E-state index contributed by atoms with van der Waals surface area (Å²) in [4.78, 5) is 15.7. The molecular weight excluding hydrogens is 245 g/mol. The summed E-state index contributed by atoms with van der Waals surface area (Å²) in [5, 5.41) is 3.80. The van der Waals surface area contributed by atoms with Crippen LogP contribution in [0.15, 0.2) is 47.7 Å². The summed E-state index contributed by atoms with van der Waals surface area (Å²) in [5.74, 6) is -0.655. The van der Waals surface area contributed by atoms with Gasteiger partial charge in [-0.1, -0.05) is 12.1 Å². The van der Waals surface area contributed by atoms with Gasteiger partial charge >= 0.3 is 0 Å². The number of halogens is 1. The zero-order chi connectivity index (χ0) is 13.7. The van der Waals surface area contributed by atoms with E-state index in [2.05, 4.69) is 15.5 Å². The predicted molar refractivity (Wildman–Crippen MR) is 70.4 cm³/mol. The SMILES string of the molecule is Cc1ccc(C(=O)N/N=C\c2ccc(F)cc2)cn1. The van der Waals surface area contributed by atoms with Gasteiger partial charge in [-0.15, -0.1) is 0 Å². The molecule has 5 heteroatoms. The van der Waals surface area contributed by atoms with Crippen molar-refractivity contribution < 1.29 is 9.18 Å². The van der Waals surface area contributed by atoms with Gasteiger partial charge in [0.25, 0.3) is 5.91 Å². The number of carbonyl (C=O) groups excluding carboxylic acids is 1. The normalized spacial score (nSPS) is 10.6. The summed E-state index contributed by atoms with van der Waals surface area (Å²) in [7, 11) is 0. The number of nitrogens with one attached hydrogen (secondary N) is 1. The van der Waals surface area contributed by atoms with Crippen molar-refractivity contribution in [3.05, 3.63) is 65.2 Å². The van der Waals surface area contributed by atoms with Gasteiger partial charge in [0.15, 0.2) is 0 Å². The first-order valence-corrected chi connectivity index (χ1v) is 5.67. The Morgan fingerprint density at radius 1 is 1.26 bits per heavy atom. The highest BCUT2D eigenvalue weighted by molar-refractivity contribution is 5.94. The van der Waals surface area contributed by atoms with Gasteiger partial charge in [-0.2, -0.15) is 5.10 Å². The lowest BCUT2D eigenvalue weighted by atomic mass is 10.2. The van der Waals surface area contributed by atoms with E-state index in [-0.39, 0.29) is 11.7 Å². The Morgan fingerprint density at radius 3 is 2.63 bits per heavy atom. The van der Waals surface area contributed by atoms with Gasteiger partial charge in [-0.05, 0) is 36.8 Å². The third kappa shape index (κ3) is 3.70. The molecule has 1 heterocycles. The summed E-state index contributed by atoms with van der Waals surface area (Å²) < 4.78 is 12.7. The Hall–Kier alpha value is -2.56. The Bertz CT molecular complexity index is 591. The Morgan fingerprint density at radius 2 is 2.00 bits per heavy atom. The Balaban J connectivity index is 1.96. The molecule has 0 unspecified atom stereocenters. The minimum absolute atomic E-state index is 0.313. The third-order valence-corrected chi connectivity index (χ3v) is 2.42. The highest BCUT2D eigenvalue weighted by Crippen LogP contribution is 2.00. The quantitative estimate of drug-likeness (QED) is 0.677. The molecule has 2 rings (SSSR count). The van der Waals surface area contributed by atoms with Crippen LogP contribution in [0.3, 0.4) is 0 Å². The molecule has 0 fully saturated rings. The van der Waals surface area contributed by atoms with Crippen LogP contribution in [0.2, 0.25) is 0 Å². The second-order valence-corrected chi connectivity index (χ2v) is 3.94. The molecule has 1 amide bonds. The van der Waals surface area contributed by atoms with Gasteiger partial charge in [0.2, 0.25) is 0 Å². The summed E-state index contributed by atoms with van der Waals surface area (Å²) >= 11 is 0. The van der Waals surface area contributed by atoms with Crippen LogP contribution in [0.4, 0.5) is 4.39 Å². The van der Waals surface area contributed by atoms with E-state index in [1.807, 2.05) is 6.92 Å². The lowest BCUT2D eigenvalue weighted by molar-refractivity contribution is 0.0955. The summed E-state index contributed by atoms with van der Waals surface area (Å²) in [6.45, 7) is 1.84. The molecule has 1 aromatic carbocycles. The first-order chi connectivity index (χ1) is 9.15. The number of amides is 1. The first kappa shape index (κ1) is 12.9. The molecule has 0 atom stereocenters. The average molecular weight is 257 g/mol. The number of hydrazone groups is 1. The van der Waals surface area contributed by atoms with Crippen LogP contribution in [-0.2, 0) is 0 Å². The second-order valence-electron chi connectivity index (χ2n) is 3.94. The maximum atomic E-state index is 12.7. The van der Waals surface area contributed by atoms with Crippen molar-refractivity contribution in [3.8, 4) is 0 Å². The molecule has 0 aliphatic rings. The van der Waals surface area contributed by atoms with E-state index < -0.39 is 0 Å². The van der Waals surface area contributed by atoms with E-state index in [1.54, 1.807) is 24.3 Å². The van der Waals surface area contributed by atoms with Crippen molar-refractivity contribution >= 4 is 12.1 Å². The maximum Gasteiger partial charge on any atom is 0.272 e. The van der Waals surface area contributed by atoms with E-state index >= 15 is 0 Å². The van der Waals surface area contributed by atoms with E-state index in [1.165, 1.54) is 24.5 Å². The summed E-state index contributed by atoms with van der Waals surface area (Å²) in [6, 6.07) is 9.21. The molecule has 2 aromatic rings. The monoisotopic (exact) mass is 257 g/mol. The van der Waals surface area contributed by atoms with Gasteiger partial charge in [-0.3, -0.25) is 9.78 Å². The van der Waals surface area contributed by atoms with Crippen LogP contribution in [0.5, 0.6) is 0 Å². The maximum absolute atomic E-state index is 12.7. The van der Waals surface area contributed by atoms with Gasteiger partial charge in [-0.25, -0.2) is 9.82 Å². The number of rotatable bonds is 3. The Labute approximate surface area is 110 Å². The fourth-order valence-electron chi connectivity index (χ4n) is 1.38. The molecule has 19 heavy (non-hydrogen) atoms. The number of aryl methyl sites for hydroxylation is 1. The first-order valence-electron chi connectivity index (χ1n) is 5.67. The van der Waals surface area contributed by atoms with E-state index in [0.717, 1.165) is 5.69 Å². The number of hydrogen-bond acceptors (Lipinski definition) is 3. The van der Waals surface area contributed by atoms with Crippen molar-refractivity contribution in [1.29, 1.82) is 0 Å². The summed E-state index contributed by atoms with van der Waals surface area (Å²) in [6.07, 6.45) is 2.93. The van der Waals surface area contributed by atoms with E-state index in [0.29, 0.717) is 11.1 Å². The standard InChI is InChI=1S/C14H12FN3O/c1-10-2-5-12(9-16-10)14(19)18-17-8-11-3-6-13(15)7-4-11/h2-9H,1H3,(H,18,19)/b17-8-. The number of benzene rings is 1. The number of nitrogens with zero attached hydrogens (tertiary/aromatic N) is 2. The van der Waals surface area contributed by atoms with Gasteiger partial charge in [0.05, 0.1) is 11.8 Å². The number of hydrogen-bond donors (Lipinski definition) is 1. The molecule has 0 aliphatic heterocycles. The number of pyridine rings is 1. The fourth-order valence-corrected chi connectivity index (χ4v) is 1.38. The highest BCUT2D eigenvalue weighted by atomic mass is 19.1. The molecule has 96 valence electrons. The van der Waals surface area contributed by atoms with E-state index in [4.69, 9.17) is 0 Å². The lowest BCUT2D eigenvalue weighted by Crippen LogP contribution is -2.17. The van der Waals surface area contributed by atoms with Crippen LogP contribution in [0.1, 0.15) is 21.6 Å². The topological polar surface area (TPSA) is 54.4 Å². The van der Waals surface area contributed by atoms with Crippen molar-refractivity contribution in [2.24, 2.45) is 5.10 Å². The zero-order valence-corrected chi connectivity index (χ0v) is 10.3. The molecular formula is C14H12FN3O. The largest absolute Gasteiger partial charge is 0.272 e. The van der Waals surface area contributed by atoms with Crippen LogP contribution < -0.4 is 5.43 Å². The lowest BCUT2D eigenvalue weighted by Gasteiger charge is -1.99. The predicted octanol–water partition coefficient (Wildman–Crippen LogP) is 2.29. The van der Waals surface area contributed by atoms with Crippen molar-refractivity contribution in [2.75, 3.05) is 0 Å². The molecule has 4 nitrogen and oxygen atoms in total. The van der Waals surface area contributed by atoms with Crippen molar-refractivity contribution in [2.45, 2.75) is 6.92 Å². The van der Waals surface area contributed by atoms with Crippen LogP contribution in [0, 0.1) is 12.7 Å².